The molecule has 0 radical (unpaired) electrons. The number of carbonyl (C=O) groups excluding carboxylic acids is 2. The van der Waals surface area contributed by atoms with Crippen LogP contribution in [0.2, 0.25) is 0 Å². The van der Waals surface area contributed by atoms with Crippen LogP contribution in [0.25, 0.3) is 0 Å². The third-order valence-electron chi connectivity index (χ3n) is 3.73. The van der Waals surface area contributed by atoms with Crippen molar-refractivity contribution in [3.63, 3.8) is 0 Å². The van der Waals surface area contributed by atoms with E-state index in [1.165, 1.54) is 6.92 Å². The van der Waals surface area contributed by atoms with E-state index in [9.17, 15) is 9.59 Å². The first-order chi connectivity index (χ1) is 11.8. The molecule has 7 heteroatoms. The van der Waals surface area contributed by atoms with Crippen LogP contribution in [0.4, 0.5) is 10.5 Å². The molecule has 0 bridgehead atoms. The number of nitrogens with zero attached hydrogens (tertiary/aromatic N) is 1. The Bertz CT molecular complexity index is 772. The first-order valence-electron chi connectivity index (χ1n) is 8.14. The first-order valence-corrected chi connectivity index (χ1v) is 8.96. The summed E-state index contributed by atoms with van der Waals surface area (Å²) < 4.78 is 0. The SMILES string of the molecule is CC(=O)Nc1cccc([C@H](C)NC(=O)N[C@H](C)c2sc(C)nc2C)c1. The lowest BCUT2D eigenvalue weighted by atomic mass is 10.1. The maximum absolute atomic E-state index is 12.3. The van der Waals surface area contributed by atoms with Crippen molar-refractivity contribution >= 4 is 29.0 Å². The lowest BCUT2D eigenvalue weighted by molar-refractivity contribution is -0.114. The number of amides is 3. The zero-order valence-corrected chi connectivity index (χ0v) is 16.0. The summed E-state index contributed by atoms with van der Waals surface area (Å²) in [6, 6.07) is 6.89. The second kappa shape index (κ2) is 8.11. The number of thiazole rings is 1. The Balaban J connectivity index is 1.98. The Morgan fingerprint density at radius 1 is 1.12 bits per heavy atom. The van der Waals surface area contributed by atoms with Gasteiger partial charge in [-0.3, -0.25) is 4.79 Å². The summed E-state index contributed by atoms with van der Waals surface area (Å²) >= 11 is 1.59. The minimum Gasteiger partial charge on any atom is -0.332 e. The molecule has 1 aromatic carbocycles. The van der Waals surface area contributed by atoms with E-state index in [0.717, 1.165) is 21.1 Å². The average Bonchev–Trinajstić information content (AvgIpc) is 2.85. The number of aryl methyl sites for hydroxylation is 2. The number of rotatable bonds is 5. The van der Waals surface area contributed by atoms with Crippen molar-refractivity contribution in [2.24, 2.45) is 0 Å². The van der Waals surface area contributed by atoms with Crippen molar-refractivity contribution in [1.82, 2.24) is 15.6 Å². The van der Waals surface area contributed by atoms with Gasteiger partial charge in [-0.1, -0.05) is 12.1 Å². The molecule has 134 valence electrons. The molecule has 1 heterocycles. The second-order valence-corrected chi connectivity index (χ2v) is 7.29. The van der Waals surface area contributed by atoms with E-state index in [2.05, 4.69) is 20.9 Å². The molecule has 2 rings (SSSR count). The Morgan fingerprint density at radius 2 is 1.80 bits per heavy atom. The highest BCUT2D eigenvalue weighted by atomic mass is 32.1. The maximum Gasteiger partial charge on any atom is 0.315 e. The van der Waals surface area contributed by atoms with Gasteiger partial charge in [0.15, 0.2) is 0 Å². The largest absolute Gasteiger partial charge is 0.332 e. The summed E-state index contributed by atoms with van der Waals surface area (Å²) in [5.74, 6) is -0.125. The maximum atomic E-state index is 12.3. The molecule has 0 aliphatic carbocycles. The molecule has 2 aromatic rings. The number of nitrogens with one attached hydrogen (secondary N) is 3. The van der Waals surface area contributed by atoms with Gasteiger partial charge in [0.05, 0.1) is 22.8 Å². The lowest BCUT2D eigenvalue weighted by Crippen LogP contribution is -2.38. The van der Waals surface area contributed by atoms with Crippen LogP contribution in [-0.4, -0.2) is 16.9 Å². The van der Waals surface area contributed by atoms with Crippen molar-refractivity contribution < 1.29 is 9.59 Å². The summed E-state index contributed by atoms with van der Waals surface area (Å²) in [4.78, 5) is 28.9. The number of hydrogen-bond donors (Lipinski definition) is 3. The highest BCUT2D eigenvalue weighted by Crippen LogP contribution is 2.24. The van der Waals surface area contributed by atoms with Gasteiger partial charge in [-0.25, -0.2) is 9.78 Å². The van der Waals surface area contributed by atoms with Gasteiger partial charge in [0.25, 0.3) is 0 Å². The molecule has 0 aliphatic rings. The molecule has 2 atom stereocenters. The topological polar surface area (TPSA) is 83.1 Å². The quantitative estimate of drug-likeness (QED) is 0.757. The number of hydrogen-bond acceptors (Lipinski definition) is 4. The molecular formula is C18H24N4O2S. The molecule has 0 spiro atoms. The van der Waals surface area contributed by atoms with Crippen molar-refractivity contribution in [1.29, 1.82) is 0 Å². The second-order valence-electron chi connectivity index (χ2n) is 6.05. The molecule has 1 aromatic heterocycles. The fourth-order valence-corrected chi connectivity index (χ4v) is 3.55. The summed E-state index contributed by atoms with van der Waals surface area (Å²) in [5.41, 5.74) is 2.58. The predicted octanol–water partition coefficient (Wildman–Crippen LogP) is 3.84. The Labute approximate surface area is 152 Å². The van der Waals surface area contributed by atoms with Crippen molar-refractivity contribution in [3.8, 4) is 0 Å². The van der Waals surface area contributed by atoms with E-state index in [1.807, 2.05) is 52.0 Å². The summed E-state index contributed by atoms with van der Waals surface area (Å²) in [7, 11) is 0. The molecule has 0 saturated heterocycles. The van der Waals surface area contributed by atoms with Crippen molar-refractivity contribution in [2.75, 3.05) is 5.32 Å². The molecule has 3 amide bonds. The van der Waals surface area contributed by atoms with Crippen LogP contribution < -0.4 is 16.0 Å². The van der Waals surface area contributed by atoms with Crippen molar-refractivity contribution in [3.05, 3.63) is 45.4 Å². The lowest BCUT2D eigenvalue weighted by Gasteiger charge is -2.18. The summed E-state index contributed by atoms with van der Waals surface area (Å²) in [5, 5.41) is 9.61. The van der Waals surface area contributed by atoms with Gasteiger partial charge in [0.2, 0.25) is 5.91 Å². The Kier molecular flexibility index (Phi) is 6.14. The first kappa shape index (κ1) is 18.9. The molecule has 6 nitrogen and oxygen atoms in total. The average molecular weight is 360 g/mol. The van der Waals surface area contributed by atoms with E-state index >= 15 is 0 Å². The monoisotopic (exact) mass is 360 g/mol. The van der Waals surface area contributed by atoms with E-state index in [4.69, 9.17) is 0 Å². The van der Waals surface area contributed by atoms with Crippen LogP contribution in [0.1, 0.15) is 54.0 Å². The molecule has 0 fully saturated rings. The minimum absolute atomic E-state index is 0.107. The van der Waals surface area contributed by atoms with Crippen LogP contribution in [0.3, 0.4) is 0 Å². The fourth-order valence-electron chi connectivity index (χ4n) is 2.62. The van der Waals surface area contributed by atoms with Gasteiger partial charge < -0.3 is 16.0 Å². The number of aromatic nitrogens is 1. The fraction of sp³-hybridized carbons (Fsp3) is 0.389. The molecule has 3 N–H and O–H groups in total. The number of urea groups is 1. The smallest absolute Gasteiger partial charge is 0.315 e. The summed E-state index contributed by atoms with van der Waals surface area (Å²) in [6.07, 6.45) is 0. The van der Waals surface area contributed by atoms with Gasteiger partial charge >= 0.3 is 6.03 Å². The van der Waals surface area contributed by atoms with Gasteiger partial charge in [0, 0.05) is 17.5 Å². The molecule has 0 aliphatic heterocycles. The Hall–Kier alpha value is -2.41. The van der Waals surface area contributed by atoms with Crippen LogP contribution in [0.15, 0.2) is 24.3 Å². The molecule has 0 saturated carbocycles. The third kappa shape index (κ3) is 5.29. The van der Waals surface area contributed by atoms with E-state index in [0.29, 0.717) is 5.69 Å². The van der Waals surface area contributed by atoms with E-state index in [1.54, 1.807) is 11.3 Å². The normalized spacial score (nSPS) is 13.0. The molecule has 25 heavy (non-hydrogen) atoms. The van der Waals surface area contributed by atoms with Gasteiger partial charge in [-0.2, -0.15) is 0 Å². The zero-order valence-electron chi connectivity index (χ0n) is 15.1. The van der Waals surface area contributed by atoms with Crippen molar-refractivity contribution in [2.45, 2.75) is 46.7 Å². The zero-order chi connectivity index (χ0) is 18.6. The molecular weight excluding hydrogens is 336 g/mol. The summed E-state index contributed by atoms with van der Waals surface area (Å²) in [6.45, 7) is 9.22. The van der Waals surface area contributed by atoms with Gasteiger partial charge in [0.1, 0.15) is 0 Å². The van der Waals surface area contributed by atoms with E-state index < -0.39 is 0 Å². The number of benzene rings is 1. The van der Waals surface area contributed by atoms with Crippen LogP contribution in [0, 0.1) is 13.8 Å². The highest BCUT2D eigenvalue weighted by Gasteiger charge is 2.17. The highest BCUT2D eigenvalue weighted by molar-refractivity contribution is 7.11. The number of carbonyl (C=O) groups is 2. The number of anilines is 1. The predicted molar refractivity (Wildman–Crippen MR) is 101 cm³/mol. The molecule has 0 unspecified atom stereocenters. The minimum atomic E-state index is -0.240. The third-order valence-corrected chi connectivity index (χ3v) is 4.99. The van der Waals surface area contributed by atoms with Crippen LogP contribution in [0.5, 0.6) is 0 Å². The van der Waals surface area contributed by atoms with Crippen LogP contribution >= 0.6 is 11.3 Å². The Morgan fingerprint density at radius 3 is 2.40 bits per heavy atom. The van der Waals surface area contributed by atoms with Crippen LogP contribution in [-0.2, 0) is 4.79 Å². The van der Waals surface area contributed by atoms with E-state index in [-0.39, 0.29) is 24.0 Å². The van der Waals surface area contributed by atoms with Gasteiger partial charge in [-0.15, -0.1) is 11.3 Å². The standard InChI is InChI=1S/C18H24N4O2S/c1-10(15-7-6-8-16(9-15)22-13(4)23)20-18(24)21-12(3)17-11(2)19-14(5)25-17/h6-10,12H,1-5H3,(H,22,23)(H2,20,21,24)/t10-,12+/m0/s1. The van der Waals surface area contributed by atoms with Gasteiger partial charge in [-0.05, 0) is 45.4 Å².